The minimum absolute atomic E-state index is 0.00264. The predicted octanol–water partition coefficient (Wildman–Crippen LogP) is 6.74. The molecule has 1 saturated carbocycles. The molecule has 7 atom stereocenters. The Morgan fingerprint density at radius 3 is 1.55 bits per heavy atom. The Hall–Kier alpha value is 0.920. The van der Waals surface area contributed by atoms with E-state index < -0.39 is 58.8 Å². The fraction of sp³-hybridized carbons (Fsp3) is 1.00. The predicted molar refractivity (Wildman–Crippen MR) is 247 cm³/mol. The molecule has 360 valence electrons. The van der Waals surface area contributed by atoms with Crippen molar-refractivity contribution in [3.8, 4) is 0 Å². The Labute approximate surface area is 388 Å². The van der Waals surface area contributed by atoms with Crippen LogP contribution in [-0.2, 0) is 37.9 Å². The molecule has 16 heteroatoms. The van der Waals surface area contributed by atoms with Crippen LogP contribution in [0.3, 0.4) is 0 Å². The summed E-state index contributed by atoms with van der Waals surface area (Å²) in [6.45, 7) is 18.3. The van der Waals surface area contributed by atoms with E-state index in [2.05, 4.69) is 89.3 Å². The van der Waals surface area contributed by atoms with Gasteiger partial charge in [0.15, 0.2) is 0 Å². The smallest absolute Gasteiger partial charge is 0.101 e. The molecule has 0 aromatic heterocycles. The Morgan fingerprint density at radius 1 is 0.517 bits per heavy atom. The Bertz CT molecular complexity index is 1050. The van der Waals surface area contributed by atoms with Crippen LogP contribution in [0.4, 0.5) is 0 Å². The van der Waals surface area contributed by atoms with Crippen LogP contribution in [0.25, 0.3) is 0 Å². The molecule has 0 aromatic carbocycles. The van der Waals surface area contributed by atoms with Gasteiger partial charge in [-0.25, -0.2) is 0 Å². The molecular formula is C44H85Br3O13. The van der Waals surface area contributed by atoms with Crippen LogP contribution >= 0.6 is 47.8 Å². The van der Waals surface area contributed by atoms with E-state index in [9.17, 15) is 25.5 Å². The van der Waals surface area contributed by atoms with Gasteiger partial charge >= 0.3 is 0 Å². The zero-order valence-corrected chi connectivity index (χ0v) is 43.0. The zero-order chi connectivity index (χ0) is 45.2. The number of hydrogen-bond acceptors (Lipinski definition) is 13. The maximum Gasteiger partial charge on any atom is 0.101 e. The van der Waals surface area contributed by atoms with Gasteiger partial charge in [-0.15, -0.1) is 0 Å². The first-order chi connectivity index (χ1) is 28.2. The summed E-state index contributed by atoms with van der Waals surface area (Å²) in [5.74, 6) is -0.0643. The molecule has 0 spiro atoms. The summed E-state index contributed by atoms with van der Waals surface area (Å²) in [6, 6.07) is 0. The third kappa shape index (κ3) is 26.8. The van der Waals surface area contributed by atoms with E-state index in [-0.39, 0.29) is 71.5 Å². The van der Waals surface area contributed by atoms with Crippen LogP contribution in [0, 0.1) is 11.3 Å². The van der Waals surface area contributed by atoms with Crippen LogP contribution in [-0.4, -0.2) is 174 Å². The molecule has 0 aliphatic heterocycles. The van der Waals surface area contributed by atoms with E-state index in [1.165, 1.54) is 32.1 Å². The van der Waals surface area contributed by atoms with E-state index in [1.54, 1.807) is 0 Å². The van der Waals surface area contributed by atoms with Crippen molar-refractivity contribution in [2.24, 2.45) is 11.3 Å². The van der Waals surface area contributed by atoms with Gasteiger partial charge in [-0.1, -0.05) is 93.7 Å². The van der Waals surface area contributed by atoms with E-state index >= 15 is 0 Å². The number of alkyl halides is 3. The zero-order valence-electron chi connectivity index (χ0n) is 38.2. The lowest BCUT2D eigenvalue weighted by Gasteiger charge is -2.49. The monoisotopic (exact) mass is 1060 g/mol. The largest absolute Gasteiger partial charge is 0.390 e. The molecule has 1 aliphatic rings. The number of hydrogen-bond donors (Lipinski definition) is 5. The lowest BCUT2D eigenvalue weighted by Crippen LogP contribution is -2.51. The average Bonchev–Trinajstić information content (AvgIpc) is 3.17. The minimum atomic E-state index is -0.932. The molecule has 60 heavy (non-hydrogen) atoms. The fourth-order valence-electron chi connectivity index (χ4n) is 7.11. The van der Waals surface area contributed by atoms with Gasteiger partial charge in [0.05, 0.1) is 107 Å². The second kappa shape index (κ2) is 31.8. The minimum Gasteiger partial charge on any atom is -0.390 e. The highest BCUT2D eigenvalue weighted by molar-refractivity contribution is 9.09. The molecule has 0 aromatic rings. The van der Waals surface area contributed by atoms with Crippen molar-refractivity contribution in [3.63, 3.8) is 0 Å². The number of aliphatic hydroxyl groups excluding tert-OH is 5. The highest BCUT2D eigenvalue weighted by atomic mass is 79.9. The first-order valence-corrected chi connectivity index (χ1v) is 25.5. The summed E-state index contributed by atoms with van der Waals surface area (Å²) in [5.41, 5.74) is -2.40. The third-order valence-electron chi connectivity index (χ3n) is 11.3. The summed E-state index contributed by atoms with van der Waals surface area (Å²) in [4.78, 5) is 0. The lowest BCUT2D eigenvalue weighted by molar-refractivity contribution is -0.182. The highest BCUT2D eigenvalue weighted by Gasteiger charge is 2.47. The molecular weight excluding hydrogens is 976 g/mol. The summed E-state index contributed by atoms with van der Waals surface area (Å²) >= 11 is 9.84. The molecule has 1 fully saturated rings. The van der Waals surface area contributed by atoms with Crippen molar-refractivity contribution in [1.82, 2.24) is 0 Å². The van der Waals surface area contributed by atoms with Crippen LogP contribution in [0.1, 0.15) is 120 Å². The molecule has 1 rings (SSSR count). The van der Waals surface area contributed by atoms with E-state index in [1.807, 2.05) is 13.8 Å². The van der Waals surface area contributed by atoms with Crippen molar-refractivity contribution in [1.29, 1.82) is 0 Å². The first kappa shape index (κ1) is 58.9. The van der Waals surface area contributed by atoms with Crippen molar-refractivity contribution in [2.45, 2.75) is 179 Å². The lowest BCUT2D eigenvalue weighted by atomic mass is 9.65. The molecule has 0 amide bonds. The van der Waals surface area contributed by atoms with Gasteiger partial charge in [-0.3, -0.25) is 0 Å². The molecule has 7 unspecified atom stereocenters. The average molecular weight is 1060 g/mol. The van der Waals surface area contributed by atoms with Gasteiger partial charge in [0.25, 0.3) is 0 Å². The van der Waals surface area contributed by atoms with Crippen molar-refractivity contribution in [3.05, 3.63) is 0 Å². The maximum atomic E-state index is 10.7. The van der Waals surface area contributed by atoms with Crippen molar-refractivity contribution in [2.75, 3.05) is 88.7 Å². The fourth-order valence-corrected chi connectivity index (χ4v) is 7.71. The molecule has 0 heterocycles. The summed E-state index contributed by atoms with van der Waals surface area (Å²) in [7, 11) is 0. The molecule has 1 aliphatic carbocycles. The quantitative estimate of drug-likeness (QED) is 0.0330. The number of ether oxygens (including phenoxy) is 8. The number of aliphatic hydroxyl groups is 5. The van der Waals surface area contributed by atoms with Gasteiger partial charge in [-0.2, -0.15) is 0 Å². The normalized spacial score (nSPS) is 19.0. The van der Waals surface area contributed by atoms with Gasteiger partial charge in [-0.05, 0) is 78.6 Å². The summed E-state index contributed by atoms with van der Waals surface area (Å²) < 4.78 is 49.1. The maximum absolute atomic E-state index is 10.7. The van der Waals surface area contributed by atoms with E-state index in [0.29, 0.717) is 36.7 Å². The van der Waals surface area contributed by atoms with Gasteiger partial charge in [0.2, 0.25) is 0 Å². The second-order valence-electron chi connectivity index (χ2n) is 18.8. The van der Waals surface area contributed by atoms with E-state index in [4.69, 9.17) is 37.9 Å². The number of rotatable bonds is 36. The van der Waals surface area contributed by atoms with E-state index in [0.717, 1.165) is 24.6 Å². The molecule has 0 radical (unpaired) electrons. The third-order valence-corrected chi connectivity index (χ3v) is 13.4. The second-order valence-corrected chi connectivity index (χ2v) is 20.9. The molecule has 0 bridgehead atoms. The Morgan fingerprint density at radius 2 is 1.00 bits per heavy atom. The summed E-state index contributed by atoms with van der Waals surface area (Å²) in [5, 5.41) is 53.2. The molecule has 5 N–H and O–H groups in total. The Kier molecular flexibility index (Phi) is 31.2. The number of halogens is 3. The molecule has 13 nitrogen and oxygen atoms in total. The summed E-state index contributed by atoms with van der Waals surface area (Å²) in [6.07, 6.45) is 5.98. The first-order valence-electron chi connectivity index (χ1n) is 22.1. The van der Waals surface area contributed by atoms with Crippen LogP contribution in [0.5, 0.6) is 0 Å². The molecule has 0 saturated heterocycles. The standard InChI is InChI=1S/C44H85Br3O13/c1-41(2,58-31-38(52)26-53-18-14-17-45)20-40(57-30-37(51)29-56-25-35(49)22-47)32-59-44(7,8)43(5,6)33(23-54-27-36(50)28-55-24-34(48)21-46)19-42(3,4)60-39-15-12-10-9-11-13-16-39/h33-40,48-52H,9-32H2,1-8H3. The van der Waals surface area contributed by atoms with Crippen molar-refractivity contribution >= 4 is 47.8 Å². The highest BCUT2D eigenvalue weighted by Crippen LogP contribution is 2.45. The van der Waals surface area contributed by atoms with Crippen LogP contribution in [0.2, 0.25) is 0 Å². The van der Waals surface area contributed by atoms with Gasteiger partial charge in [0, 0.05) is 29.0 Å². The van der Waals surface area contributed by atoms with Crippen LogP contribution < -0.4 is 0 Å². The Balaban J connectivity index is 3.20. The SMILES string of the molecule is CC(C)(CC(COC(C)(C)C(C)(C)C(COCC(O)COCC(O)CBr)CC(C)(C)OC1CCCCCCC1)OCC(O)COCC(O)CBr)OCC(O)COCCCBr. The van der Waals surface area contributed by atoms with Crippen molar-refractivity contribution < 1.29 is 63.4 Å². The van der Waals surface area contributed by atoms with Gasteiger partial charge < -0.3 is 63.4 Å². The van der Waals surface area contributed by atoms with Gasteiger partial charge in [0.1, 0.15) is 18.3 Å². The van der Waals surface area contributed by atoms with Crippen LogP contribution in [0.15, 0.2) is 0 Å². The topological polar surface area (TPSA) is 175 Å².